The molecule has 90 valence electrons. The molecule has 0 amide bonds. The SMILES string of the molecule is Cn1cnnc1SCCNc1cccc(Cl)c1. The molecule has 0 fully saturated rings. The van der Waals surface area contributed by atoms with Crippen LogP contribution in [0.25, 0.3) is 0 Å². The van der Waals surface area contributed by atoms with Gasteiger partial charge >= 0.3 is 0 Å². The number of nitrogens with zero attached hydrogens (tertiary/aromatic N) is 3. The average molecular weight is 269 g/mol. The van der Waals surface area contributed by atoms with E-state index in [0.29, 0.717) is 0 Å². The highest BCUT2D eigenvalue weighted by Gasteiger charge is 2.00. The van der Waals surface area contributed by atoms with Gasteiger partial charge < -0.3 is 9.88 Å². The summed E-state index contributed by atoms with van der Waals surface area (Å²) >= 11 is 7.56. The average Bonchev–Trinajstić information content (AvgIpc) is 2.71. The first-order valence-electron chi connectivity index (χ1n) is 5.22. The number of anilines is 1. The molecule has 1 aromatic carbocycles. The maximum Gasteiger partial charge on any atom is 0.190 e. The van der Waals surface area contributed by atoms with E-state index in [-0.39, 0.29) is 0 Å². The molecular weight excluding hydrogens is 256 g/mol. The van der Waals surface area contributed by atoms with E-state index in [1.165, 1.54) is 0 Å². The van der Waals surface area contributed by atoms with Gasteiger partial charge in [0.15, 0.2) is 5.16 Å². The summed E-state index contributed by atoms with van der Waals surface area (Å²) in [6.45, 7) is 0.859. The molecule has 1 heterocycles. The Morgan fingerprint density at radius 3 is 3.06 bits per heavy atom. The number of thioether (sulfide) groups is 1. The largest absolute Gasteiger partial charge is 0.384 e. The number of benzene rings is 1. The second-order valence-corrected chi connectivity index (χ2v) is 5.01. The van der Waals surface area contributed by atoms with Crippen molar-refractivity contribution in [3.05, 3.63) is 35.6 Å². The van der Waals surface area contributed by atoms with E-state index in [9.17, 15) is 0 Å². The van der Waals surface area contributed by atoms with Gasteiger partial charge in [-0.1, -0.05) is 29.4 Å². The van der Waals surface area contributed by atoms with Crippen LogP contribution >= 0.6 is 23.4 Å². The molecule has 1 N–H and O–H groups in total. The Balaban J connectivity index is 1.75. The molecule has 0 atom stereocenters. The van der Waals surface area contributed by atoms with Gasteiger partial charge in [-0.3, -0.25) is 0 Å². The molecule has 0 saturated carbocycles. The summed E-state index contributed by atoms with van der Waals surface area (Å²) in [6, 6.07) is 7.70. The number of nitrogens with one attached hydrogen (secondary N) is 1. The van der Waals surface area contributed by atoms with Crippen LogP contribution in [-0.4, -0.2) is 27.1 Å². The second kappa shape index (κ2) is 5.93. The standard InChI is InChI=1S/C11H13ClN4S/c1-16-8-14-15-11(16)17-6-5-13-10-4-2-3-9(12)7-10/h2-4,7-8,13H,5-6H2,1H3. The smallest absolute Gasteiger partial charge is 0.190 e. The van der Waals surface area contributed by atoms with Crippen molar-refractivity contribution in [3.63, 3.8) is 0 Å². The maximum absolute atomic E-state index is 5.89. The quantitative estimate of drug-likeness (QED) is 0.669. The molecular formula is C11H13ClN4S. The van der Waals surface area contributed by atoms with Gasteiger partial charge in [-0.05, 0) is 18.2 Å². The van der Waals surface area contributed by atoms with Crippen LogP contribution in [0.2, 0.25) is 5.02 Å². The normalized spacial score (nSPS) is 10.5. The predicted octanol–water partition coefficient (Wildman–Crippen LogP) is 2.67. The number of hydrogen-bond acceptors (Lipinski definition) is 4. The Bertz CT molecular complexity index is 486. The molecule has 1 aromatic heterocycles. The third-order valence-corrected chi connectivity index (χ3v) is 3.43. The van der Waals surface area contributed by atoms with E-state index in [1.807, 2.05) is 35.9 Å². The lowest BCUT2D eigenvalue weighted by Gasteiger charge is -2.05. The summed E-state index contributed by atoms with van der Waals surface area (Å²) in [5.74, 6) is 0.930. The molecule has 2 aromatic rings. The molecule has 17 heavy (non-hydrogen) atoms. The van der Waals surface area contributed by atoms with E-state index >= 15 is 0 Å². The van der Waals surface area contributed by atoms with Gasteiger partial charge in [0.05, 0.1) is 0 Å². The van der Waals surface area contributed by atoms with Gasteiger partial charge in [0, 0.05) is 30.1 Å². The predicted molar refractivity (Wildman–Crippen MR) is 71.7 cm³/mol. The van der Waals surface area contributed by atoms with Gasteiger partial charge in [0.25, 0.3) is 0 Å². The number of halogens is 1. The summed E-state index contributed by atoms with van der Waals surface area (Å²) in [5, 5.41) is 12.8. The van der Waals surface area contributed by atoms with Crippen LogP contribution in [0.3, 0.4) is 0 Å². The van der Waals surface area contributed by atoms with Gasteiger partial charge in [-0.15, -0.1) is 10.2 Å². The first kappa shape index (κ1) is 12.3. The molecule has 0 spiro atoms. The number of hydrogen-bond donors (Lipinski definition) is 1. The summed E-state index contributed by atoms with van der Waals surface area (Å²) in [6.07, 6.45) is 1.70. The van der Waals surface area contributed by atoms with Crippen LogP contribution in [0, 0.1) is 0 Å². The molecule has 0 aliphatic rings. The lowest BCUT2D eigenvalue weighted by molar-refractivity contribution is 0.788. The fraction of sp³-hybridized carbons (Fsp3) is 0.273. The van der Waals surface area contributed by atoms with Crippen molar-refractivity contribution in [2.24, 2.45) is 7.05 Å². The highest BCUT2D eigenvalue weighted by atomic mass is 35.5. The molecule has 2 rings (SSSR count). The summed E-state index contributed by atoms with van der Waals surface area (Å²) in [4.78, 5) is 0. The molecule has 0 unspecified atom stereocenters. The zero-order chi connectivity index (χ0) is 12.1. The minimum atomic E-state index is 0.746. The van der Waals surface area contributed by atoms with Crippen LogP contribution in [0.15, 0.2) is 35.7 Å². The van der Waals surface area contributed by atoms with Gasteiger partial charge in [-0.2, -0.15) is 0 Å². The molecule has 0 radical (unpaired) electrons. The van der Waals surface area contributed by atoms with E-state index < -0.39 is 0 Å². The number of rotatable bonds is 5. The Morgan fingerprint density at radius 1 is 1.47 bits per heavy atom. The van der Waals surface area contributed by atoms with Gasteiger partial charge in [-0.25, -0.2) is 0 Å². The van der Waals surface area contributed by atoms with Crippen molar-refractivity contribution >= 4 is 29.1 Å². The van der Waals surface area contributed by atoms with E-state index in [4.69, 9.17) is 11.6 Å². The van der Waals surface area contributed by atoms with Crippen molar-refractivity contribution in [1.82, 2.24) is 14.8 Å². The second-order valence-electron chi connectivity index (χ2n) is 3.51. The number of aromatic nitrogens is 3. The Kier molecular flexibility index (Phi) is 4.28. The zero-order valence-electron chi connectivity index (χ0n) is 9.43. The van der Waals surface area contributed by atoms with Crippen LogP contribution in [-0.2, 0) is 7.05 Å². The lowest BCUT2D eigenvalue weighted by Crippen LogP contribution is -2.04. The molecule has 4 nitrogen and oxygen atoms in total. The summed E-state index contributed by atoms with van der Waals surface area (Å²) < 4.78 is 1.91. The molecule has 0 bridgehead atoms. The first-order valence-corrected chi connectivity index (χ1v) is 6.58. The van der Waals surface area contributed by atoms with Gasteiger partial charge in [0.1, 0.15) is 6.33 Å². The molecule has 6 heteroatoms. The third kappa shape index (κ3) is 3.64. The molecule has 0 aliphatic heterocycles. The minimum Gasteiger partial charge on any atom is -0.384 e. The lowest BCUT2D eigenvalue weighted by atomic mass is 10.3. The van der Waals surface area contributed by atoms with E-state index in [1.54, 1.807) is 18.1 Å². The third-order valence-electron chi connectivity index (χ3n) is 2.16. The minimum absolute atomic E-state index is 0.746. The number of aryl methyl sites for hydroxylation is 1. The maximum atomic E-state index is 5.89. The monoisotopic (exact) mass is 268 g/mol. The fourth-order valence-corrected chi connectivity index (χ4v) is 2.27. The Morgan fingerprint density at radius 2 is 2.35 bits per heavy atom. The topological polar surface area (TPSA) is 42.7 Å². The highest BCUT2D eigenvalue weighted by Crippen LogP contribution is 2.16. The Labute approximate surface area is 109 Å². The first-order chi connectivity index (χ1) is 8.25. The zero-order valence-corrected chi connectivity index (χ0v) is 11.0. The van der Waals surface area contributed by atoms with Crippen molar-refractivity contribution in [1.29, 1.82) is 0 Å². The van der Waals surface area contributed by atoms with Crippen LogP contribution in [0.5, 0.6) is 0 Å². The van der Waals surface area contributed by atoms with E-state index in [2.05, 4.69) is 15.5 Å². The van der Waals surface area contributed by atoms with Crippen molar-refractivity contribution in [2.75, 3.05) is 17.6 Å². The fourth-order valence-electron chi connectivity index (χ4n) is 1.34. The molecule has 0 saturated heterocycles. The Hall–Kier alpha value is -1.20. The van der Waals surface area contributed by atoms with Crippen molar-refractivity contribution in [2.45, 2.75) is 5.16 Å². The molecule has 0 aliphatic carbocycles. The van der Waals surface area contributed by atoms with Crippen LogP contribution < -0.4 is 5.32 Å². The van der Waals surface area contributed by atoms with Crippen molar-refractivity contribution < 1.29 is 0 Å². The highest BCUT2D eigenvalue weighted by molar-refractivity contribution is 7.99. The summed E-state index contributed by atoms with van der Waals surface area (Å²) in [7, 11) is 1.94. The van der Waals surface area contributed by atoms with E-state index in [0.717, 1.165) is 28.2 Å². The van der Waals surface area contributed by atoms with Crippen molar-refractivity contribution in [3.8, 4) is 0 Å². The summed E-state index contributed by atoms with van der Waals surface area (Å²) in [5.41, 5.74) is 1.04. The van der Waals surface area contributed by atoms with Crippen LogP contribution in [0.1, 0.15) is 0 Å². The van der Waals surface area contributed by atoms with Gasteiger partial charge in [0.2, 0.25) is 0 Å². The van der Waals surface area contributed by atoms with Crippen LogP contribution in [0.4, 0.5) is 5.69 Å².